The second-order valence-corrected chi connectivity index (χ2v) is 5.75. The zero-order chi connectivity index (χ0) is 10.7. The molecule has 1 aromatic carbocycles. The SMILES string of the molecule is Clc1cccc(SC2CCNCC2)c1Cl. The maximum absolute atomic E-state index is 6.14. The second kappa shape index (κ2) is 5.44. The predicted octanol–water partition coefficient (Wildman–Crippen LogP) is 3.84. The van der Waals surface area contributed by atoms with Crippen molar-refractivity contribution < 1.29 is 0 Å². The highest BCUT2D eigenvalue weighted by molar-refractivity contribution is 8.00. The van der Waals surface area contributed by atoms with Crippen LogP contribution in [0.1, 0.15) is 12.8 Å². The van der Waals surface area contributed by atoms with E-state index in [-0.39, 0.29) is 0 Å². The van der Waals surface area contributed by atoms with Crippen molar-refractivity contribution in [3.05, 3.63) is 28.2 Å². The molecule has 0 aliphatic carbocycles. The number of hydrogen-bond donors (Lipinski definition) is 1. The lowest BCUT2D eigenvalue weighted by Gasteiger charge is -2.22. The van der Waals surface area contributed by atoms with E-state index in [2.05, 4.69) is 5.32 Å². The summed E-state index contributed by atoms with van der Waals surface area (Å²) in [6.07, 6.45) is 2.40. The molecule has 1 N–H and O–H groups in total. The van der Waals surface area contributed by atoms with Gasteiger partial charge in [-0.3, -0.25) is 0 Å². The van der Waals surface area contributed by atoms with E-state index in [0.717, 1.165) is 18.0 Å². The van der Waals surface area contributed by atoms with Crippen LogP contribution in [0.4, 0.5) is 0 Å². The Balaban J connectivity index is 2.06. The van der Waals surface area contributed by atoms with Crippen molar-refractivity contribution in [3.8, 4) is 0 Å². The summed E-state index contributed by atoms with van der Waals surface area (Å²) in [5.74, 6) is 0. The van der Waals surface area contributed by atoms with Crippen molar-refractivity contribution in [2.24, 2.45) is 0 Å². The van der Waals surface area contributed by atoms with Crippen molar-refractivity contribution in [2.75, 3.05) is 13.1 Å². The van der Waals surface area contributed by atoms with E-state index in [1.165, 1.54) is 12.8 Å². The molecule has 1 nitrogen and oxygen atoms in total. The van der Waals surface area contributed by atoms with Crippen LogP contribution in [0, 0.1) is 0 Å². The average molecular weight is 262 g/mol. The number of benzene rings is 1. The van der Waals surface area contributed by atoms with Crippen LogP contribution in [-0.4, -0.2) is 18.3 Å². The fourth-order valence-electron chi connectivity index (χ4n) is 1.67. The van der Waals surface area contributed by atoms with Gasteiger partial charge < -0.3 is 5.32 Å². The molecule has 1 heterocycles. The van der Waals surface area contributed by atoms with Crippen LogP contribution < -0.4 is 5.32 Å². The lowest BCUT2D eigenvalue weighted by atomic mass is 10.2. The minimum absolute atomic E-state index is 0.649. The van der Waals surface area contributed by atoms with E-state index >= 15 is 0 Å². The van der Waals surface area contributed by atoms with Crippen LogP contribution in [0.25, 0.3) is 0 Å². The molecule has 4 heteroatoms. The molecular formula is C11H13Cl2NS. The molecule has 0 aromatic heterocycles. The molecule has 15 heavy (non-hydrogen) atoms. The van der Waals surface area contributed by atoms with Gasteiger partial charge in [0.25, 0.3) is 0 Å². The molecule has 1 saturated heterocycles. The monoisotopic (exact) mass is 261 g/mol. The van der Waals surface area contributed by atoms with E-state index in [0.29, 0.717) is 15.3 Å². The lowest BCUT2D eigenvalue weighted by molar-refractivity contribution is 0.531. The van der Waals surface area contributed by atoms with Crippen LogP contribution in [0.2, 0.25) is 10.0 Å². The smallest absolute Gasteiger partial charge is 0.0728 e. The normalized spacial score (nSPS) is 18.0. The molecule has 0 amide bonds. The number of piperidine rings is 1. The Morgan fingerprint density at radius 1 is 1.20 bits per heavy atom. The summed E-state index contributed by atoms with van der Waals surface area (Å²) in [4.78, 5) is 1.11. The van der Waals surface area contributed by atoms with E-state index in [1.807, 2.05) is 30.0 Å². The van der Waals surface area contributed by atoms with Crippen LogP contribution >= 0.6 is 35.0 Å². The maximum Gasteiger partial charge on any atom is 0.0728 e. The standard InChI is InChI=1S/C11H13Cl2NS/c12-9-2-1-3-10(11(9)13)15-8-4-6-14-7-5-8/h1-3,8,14H,4-7H2. The van der Waals surface area contributed by atoms with Gasteiger partial charge >= 0.3 is 0 Å². The van der Waals surface area contributed by atoms with Gasteiger partial charge in [0.2, 0.25) is 0 Å². The Morgan fingerprint density at radius 2 is 1.93 bits per heavy atom. The number of rotatable bonds is 2. The Labute approximate surface area is 105 Å². The summed E-state index contributed by atoms with van der Waals surface area (Å²) in [5, 5.41) is 5.37. The first-order valence-corrected chi connectivity index (χ1v) is 6.72. The van der Waals surface area contributed by atoms with Gasteiger partial charge in [-0.2, -0.15) is 0 Å². The molecule has 1 aromatic rings. The minimum atomic E-state index is 0.649. The number of thioether (sulfide) groups is 1. The first kappa shape index (κ1) is 11.6. The third kappa shape index (κ3) is 3.04. The number of nitrogens with one attached hydrogen (secondary N) is 1. The van der Waals surface area contributed by atoms with Crippen molar-refractivity contribution in [1.29, 1.82) is 0 Å². The molecule has 0 spiro atoms. The first-order valence-electron chi connectivity index (χ1n) is 5.09. The van der Waals surface area contributed by atoms with E-state index in [4.69, 9.17) is 23.2 Å². The minimum Gasteiger partial charge on any atom is -0.317 e. The summed E-state index contributed by atoms with van der Waals surface area (Å²) in [6.45, 7) is 2.21. The molecule has 1 aliphatic rings. The Hall–Kier alpha value is 0.110. The molecule has 0 saturated carbocycles. The highest BCUT2D eigenvalue weighted by Crippen LogP contribution is 2.37. The third-order valence-electron chi connectivity index (χ3n) is 2.50. The molecule has 0 bridgehead atoms. The van der Waals surface area contributed by atoms with Crippen molar-refractivity contribution >= 4 is 35.0 Å². The lowest BCUT2D eigenvalue weighted by Crippen LogP contribution is -2.29. The fourth-order valence-corrected chi connectivity index (χ4v) is 3.36. The van der Waals surface area contributed by atoms with Crippen molar-refractivity contribution in [1.82, 2.24) is 5.32 Å². The summed E-state index contributed by atoms with van der Waals surface area (Å²) in [7, 11) is 0. The van der Waals surface area contributed by atoms with Crippen molar-refractivity contribution in [3.63, 3.8) is 0 Å². The molecule has 1 fully saturated rings. The second-order valence-electron chi connectivity index (χ2n) is 3.62. The number of hydrogen-bond acceptors (Lipinski definition) is 2. The van der Waals surface area contributed by atoms with Gasteiger partial charge in [0, 0.05) is 10.1 Å². The third-order valence-corrected chi connectivity index (χ3v) is 4.83. The van der Waals surface area contributed by atoms with Gasteiger partial charge in [-0.1, -0.05) is 29.3 Å². The van der Waals surface area contributed by atoms with Gasteiger partial charge in [0.05, 0.1) is 10.0 Å². The Kier molecular flexibility index (Phi) is 4.21. The molecule has 0 atom stereocenters. The van der Waals surface area contributed by atoms with Crippen molar-refractivity contribution in [2.45, 2.75) is 23.0 Å². The van der Waals surface area contributed by atoms with Gasteiger partial charge in [-0.25, -0.2) is 0 Å². The summed E-state index contributed by atoms with van der Waals surface area (Å²) < 4.78 is 0. The average Bonchev–Trinajstić information content (AvgIpc) is 2.26. The summed E-state index contributed by atoms with van der Waals surface area (Å²) in [5.41, 5.74) is 0. The summed E-state index contributed by atoms with van der Waals surface area (Å²) in [6, 6.07) is 5.83. The van der Waals surface area contributed by atoms with Crippen LogP contribution in [0.3, 0.4) is 0 Å². The molecule has 2 rings (SSSR count). The van der Waals surface area contributed by atoms with Crippen LogP contribution in [-0.2, 0) is 0 Å². The number of halogens is 2. The van der Waals surface area contributed by atoms with Crippen LogP contribution in [0.15, 0.2) is 23.1 Å². The molecule has 0 radical (unpaired) electrons. The molecular weight excluding hydrogens is 249 g/mol. The topological polar surface area (TPSA) is 12.0 Å². The van der Waals surface area contributed by atoms with Gasteiger partial charge in [0.15, 0.2) is 0 Å². The largest absolute Gasteiger partial charge is 0.317 e. The zero-order valence-corrected chi connectivity index (χ0v) is 10.6. The van der Waals surface area contributed by atoms with Gasteiger partial charge in [-0.15, -0.1) is 11.8 Å². The molecule has 1 aliphatic heterocycles. The quantitative estimate of drug-likeness (QED) is 0.869. The predicted molar refractivity (Wildman–Crippen MR) is 68.2 cm³/mol. The highest BCUT2D eigenvalue weighted by atomic mass is 35.5. The summed E-state index contributed by atoms with van der Waals surface area (Å²) >= 11 is 14.0. The molecule has 0 unspecified atom stereocenters. The van der Waals surface area contributed by atoms with E-state index in [1.54, 1.807) is 0 Å². The first-order chi connectivity index (χ1) is 7.27. The maximum atomic E-state index is 6.14. The highest BCUT2D eigenvalue weighted by Gasteiger charge is 2.16. The fraction of sp³-hybridized carbons (Fsp3) is 0.455. The Bertz CT molecular complexity index is 337. The molecule has 82 valence electrons. The Morgan fingerprint density at radius 3 is 2.67 bits per heavy atom. The zero-order valence-electron chi connectivity index (χ0n) is 8.30. The van der Waals surface area contributed by atoms with Crippen LogP contribution in [0.5, 0.6) is 0 Å². The van der Waals surface area contributed by atoms with Gasteiger partial charge in [0.1, 0.15) is 0 Å². The van der Waals surface area contributed by atoms with Gasteiger partial charge in [-0.05, 0) is 38.1 Å². The van der Waals surface area contributed by atoms with E-state index < -0.39 is 0 Å². The van der Waals surface area contributed by atoms with E-state index in [9.17, 15) is 0 Å².